The summed E-state index contributed by atoms with van der Waals surface area (Å²) in [6.45, 7) is 4.22. The highest BCUT2D eigenvalue weighted by Gasteiger charge is 2.22. The molecule has 3 rings (SSSR count). The van der Waals surface area contributed by atoms with E-state index in [9.17, 15) is 9.59 Å². The molecule has 2 aromatic rings. The third-order valence-corrected chi connectivity index (χ3v) is 4.14. The number of carboxylic acids is 1. The first-order valence-corrected chi connectivity index (χ1v) is 7.22. The highest BCUT2D eigenvalue weighted by atomic mass is 16.4. The lowest BCUT2D eigenvalue weighted by molar-refractivity contribution is -0.116. The second-order valence-electron chi connectivity index (χ2n) is 5.60. The van der Waals surface area contributed by atoms with Gasteiger partial charge < -0.3 is 10.0 Å². The average Bonchev–Trinajstić information content (AvgIpc) is 2.90. The van der Waals surface area contributed by atoms with Gasteiger partial charge in [0.1, 0.15) is 0 Å². The maximum atomic E-state index is 11.6. The standard InChI is InChI=1S/C18H17NO3/c1-11-9-15(18(21)22)3-5-16(11)13-4-6-17-14(10-13)7-8-19(17)12(2)20/h3-6,9-10H,7-8H2,1-2H3,(H,21,22). The fourth-order valence-electron chi connectivity index (χ4n) is 3.02. The molecule has 1 amide bonds. The van der Waals surface area contributed by atoms with Crippen LogP contribution in [0.5, 0.6) is 0 Å². The third kappa shape index (κ3) is 2.37. The van der Waals surface area contributed by atoms with Crippen LogP contribution in [0, 0.1) is 6.92 Å². The number of hydrogen-bond donors (Lipinski definition) is 1. The van der Waals surface area contributed by atoms with Gasteiger partial charge in [-0.05, 0) is 59.9 Å². The zero-order valence-electron chi connectivity index (χ0n) is 12.6. The number of benzene rings is 2. The van der Waals surface area contributed by atoms with Crippen LogP contribution >= 0.6 is 0 Å². The monoisotopic (exact) mass is 295 g/mol. The Morgan fingerprint density at radius 2 is 1.91 bits per heavy atom. The van der Waals surface area contributed by atoms with Crippen molar-refractivity contribution in [1.29, 1.82) is 0 Å². The summed E-state index contributed by atoms with van der Waals surface area (Å²) in [5, 5.41) is 9.04. The van der Waals surface area contributed by atoms with Crippen molar-refractivity contribution in [3.8, 4) is 11.1 Å². The number of aryl methyl sites for hydroxylation is 1. The quantitative estimate of drug-likeness (QED) is 0.925. The van der Waals surface area contributed by atoms with Gasteiger partial charge in [0.2, 0.25) is 5.91 Å². The van der Waals surface area contributed by atoms with Gasteiger partial charge in [0, 0.05) is 19.2 Å². The summed E-state index contributed by atoms with van der Waals surface area (Å²) in [6, 6.07) is 11.2. The van der Waals surface area contributed by atoms with Crippen LogP contribution in [0.25, 0.3) is 11.1 Å². The first kappa shape index (κ1) is 14.3. The highest BCUT2D eigenvalue weighted by molar-refractivity contribution is 5.94. The van der Waals surface area contributed by atoms with E-state index in [-0.39, 0.29) is 5.91 Å². The lowest BCUT2D eigenvalue weighted by Gasteiger charge is -2.15. The Hall–Kier alpha value is -2.62. The number of carboxylic acid groups (broad SMARTS) is 1. The normalized spacial score (nSPS) is 13.1. The Morgan fingerprint density at radius 3 is 2.55 bits per heavy atom. The second kappa shape index (κ2) is 5.30. The number of anilines is 1. The molecule has 0 saturated carbocycles. The molecule has 1 N–H and O–H groups in total. The number of fused-ring (bicyclic) bond motifs is 1. The van der Waals surface area contributed by atoms with Crippen molar-refractivity contribution in [2.75, 3.05) is 11.4 Å². The summed E-state index contributed by atoms with van der Waals surface area (Å²) in [5.74, 6) is -0.853. The van der Waals surface area contributed by atoms with Crippen molar-refractivity contribution in [3.63, 3.8) is 0 Å². The van der Waals surface area contributed by atoms with Crippen molar-refractivity contribution >= 4 is 17.6 Å². The van der Waals surface area contributed by atoms with E-state index in [2.05, 4.69) is 6.07 Å². The zero-order chi connectivity index (χ0) is 15.9. The predicted octanol–water partition coefficient (Wildman–Crippen LogP) is 3.27. The maximum absolute atomic E-state index is 11.6. The molecule has 0 aromatic heterocycles. The minimum Gasteiger partial charge on any atom is -0.478 e. The average molecular weight is 295 g/mol. The Labute approximate surface area is 129 Å². The smallest absolute Gasteiger partial charge is 0.335 e. The maximum Gasteiger partial charge on any atom is 0.335 e. The zero-order valence-corrected chi connectivity index (χ0v) is 12.6. The highest BCUT2D eigenvalue weighted by Crippen LogP contribution is 2.33. The van der Waals surface area contributed by atoms with Crippen LogP contribution in [0.1, 0.15) is 28.4 Å². The van der Waals surface area contributed by atoms with E-state index in [0.29, 0.717) is 5.56 Å². The minimum absolute atomic E-state index is 0.0634. The van der Waals surface area contributed by atoms with Gasteiger partial charge in [-0.3, -0.25) is 4.79 Å². The summed E-state index contributed by atoms with van der Waals surface area (Å²) < 4.78 is 0. The molecule has 2 aromatic carbocycles. The van der Waals surface area contributed by atoms with Gasteiger partial charge in [0.15, 0.2) is 0 Å². The molecule has 1 heterocycles. The second-order valence-corrected chi connectivity index (χ2v) is 5.60. The van der Waals surface area contributed by atoms with E-state index in [1.54, 1.807) is 24.0 Å². The molecule has 1 aliphatic heterocycles. The van der Waals surface area contributed by atoms with Crippen LogP contribution < -0.4 is 4.90 Å². The largest absolute Gasteiger partial charge is 0.478 e. The molecule has 22 heavy (non-hydrogen) atoms. The Bertz CT molecular complexity index is 780. The summed E-state index contributed by atoms with van der Waals surface area (Å²) >= 11 is 0. The fourth-order valence-corrected chi connectivity index (χ4v) is 3.02. The van der Waals surface area contributed by atoms with Crippen LogP contribution in [0.15, 0.2) is 36.4 Å². The molecule has 0 spiro atoms. The van der Waals surface area contributed by atoms with E-state index in [1.807, 2.05) is 25.1 Å². The van der Waals surface area contributed by atoms with Crippen LogP contribution in [0.4, 0.5) is 5.69 Å². The molecule has 0 bridgehead atoms. The van der Waals surface area contributed by atoms with Crippen molar-refractivity contribution in [3.05, 3.63) is 53.1 Å². The van der Waals surface area contributed by atoms with Crippen LogP contribution in [0.3, 0.4) is 0 Å². The number of nitrogens with zero attached hydrogens (tertiary/aromatic N) is 1. The number of rotatable bonds is 2. The first-order chi connectivity index (χ1) is 10.5. The van der Waals surface area contributed by atoms with E-state index >= 15 is 0 Å². The van der Waals surface area contributed by atoms with Gasteiger partial charge in [-0.15, -0.1) is 0 Å². The molecule has 1 aliphatic rings. The van der Waals surface area contributed by atoms with Gasteiger partial charge in [-0.25, -0.2) is 4.79 Å². The van der Waals surface area contributed by atoms with E-state index in [1.165, 1.54) is 0 Å². The van der Waals surface area contributed by atoms with Gasteiger partial charge in [0.25, 0.3) is 0 Å². The van der Waals surface area contributed by atoms with Crippen LogP contribution in [-0.4, -0.2) is 23.5 Å². The summed E-state index contributed by atoms with van der Waals surface area (Å²) in [5.41, 5.74) is 5.45. The molecule has 0 unspecified atom stereocenters. The van der Waals surface area contributed by atoms with Gasteiger partial charge in [-0.1, -0.05) is 12.1 Å². The lowest BCUT2D eigenvalue weighted by atomic mass is 9.96. The van der Waals surface area contributed by atoms with Crippen LogP contribution in [0.2, 0.25) is 0 Å². The molecule has 112 valence electrons. The summed E-state index contributed by atoms with van der Waals surface area (Å²) in [7, 11) is 0. The van der Waals surface area contributed by atoms with Crippen molar-refractivity contribution < 1.29 is 14.7 Å². The van der Waals surface area contributed by atoms with Gasteiger partial charge in [0.05, 0.1) is 5.56 Å². The summed E-state index contributed by atoms with van der Waals surface area (Å²) in [6.07, 6.45) is 0.856. The predicted molar refractivity (Wildman–Crippen MR) is 85.3 cm³/mol. The molecule has 0 atom stereocenters. The SMILES string of the molecule is CC(=O)N1CCc2cc(-c3ccc(C(=O)O)cc3C)ccc21. The molecule has 0 aliphatic carbocycles. The Morgan fingerprint density at radius 1 is 1.14 bits per heavy atom. The summed E-state index contributed by atoms with van der Waals surface area (Å²) in [4.78, 5) is 24.4. The Balaban J connectivity index is 2.01. The Kier molecular flexibility index (Phi) is 3.45. The molecule has 4 nitrogen and oxygen atoms in total. The first-order valence-electron chi connectivity index (χ1n) is 7.22. The molecule has 0 radical (unpaired) electrons. The van der Waals surface area contributed by atoms with Gasteiger partial charge >= 0.3 is 5.97 Å². The number of hydrogen-bond acceptors (Lipinski definition) is 2. The fraction of sp³-hybridized carbons (Fsp3) is 0.222. The van der Waals surface area contributed by atoms with Crippen molar-refractivity contribution in [2.45, 2.75) is 20.3 Å². The number of carbonyl (C=O) groups excluding carboxylic acids is 1. The van der Waals surface area contributed by atoms with Crippen molar-refractivity contribution in [1.82, 2.24) is 0 Å². The number of carbonyl (C=O) groups is 2. The van der Waals surface area contributed by atoms with Crippen LogP contribution in [-0.2, 0) is 11.2 Å². The van der Waals surface area contributed by atoms with E-state index in [4.69, 9.17) is 5.11 Å². The molecular formula is C18H17NO3. The molecule has 4 heteroatoms. The molecule has 0 fully saturated rings. The minimum atomic E-state index is -0.916. The number of amides is 1. The third-order valence-electron chi connectivity index (χ3n) is 4.14. The topological polar surface area (TPSA) is 57.6 Å². The molecular weight excluding hydrogens is 278 g/mol. The van der Waals surface area contributed by atoms with E-state index < -0.39 is 5.97 Å². The van der Waals surface area contributed by atoms with Gasteiger partial charge in [-0.2, -0.15) is 0 Å². The molecule has 0 saturated heterocycles. The lowest BCUT2D eigenvalue weighted by Crippen LogP contribution is -2.25. The van der Waals surface area contributed by atoms with Crippen molar-refractivity contribution in [2.24, 2.45) is 0 Å². The van der Waals surface area contributed by atoms with E-state index in [0.717, 1.165) is 40.9 Å². The number of aromatic carboxylic acids is 1.